The Hall–Kier alpha value is -4.38. The third-order valence-corrected chi connectivity index (χ3v) is 9.44. The van der Waals surface area contributed by atoms with Crippen LogP contribution in [0.5, 0.6) is 0 Å². The molecule has 1 aliphatic heterocycles. The molecule has 0 saturated carbocycles. The molecule has 1 heterocycles. The Kier molecular flexibility index (Phi) is 12.3. The monoisotopic (exact) mass is 666 g/mol. The zero-order valence-electron chi connectivity index (χ0n) is 28.2. The Labute approximate surface area is 288 Å². The van der Waals surface area contributed by atoms with E-state index in [0.717, 1.165) is 38.9 Å². The molecule has 4 aromatic rings. The molecule has 0 radical (unpaired) electrons. The van der Waals surface area contributed by atoms with Crippen molar-refractivity contribution >= 4 is 11.9 Å². The van der Waals surface area contributed by atoms with Crippen LogP contribution in [-0.4, -0.2) is 57.8 Å². The minimum atomic E-state index is -1.00. The summed E-state index contributed by atoms with van der Waals surface area (Å²) in [6.07, 6.45) is -2.08. The quantitative estimate of drug-likeness (QED) is 0.126. The molecule has 0 spiro atoms. The van der Waals surface area contributed by atoms with Crippen LogP contribution in [-0.2, 0) is 32.2 Å². The molecular formula is C40H46N2O7. The van der Waals surface area contributed by atoms with Crippen molar-refractivity contribution in [3.8, 4) is 11.1 Å². The minimum Gasteiger partial charge on any atom is -0.481 e. The summed E-state index contributed by atoms with van der Waals surface area (Å²) in [7, 11) is 2.00. The number of carboxylic acids is 1. The number of aliphatic hydroxyl groups is 2. The summed E-state index contributed by atoms with van der Waals surface area (Å²) < 4.78 is 13.4. The first-order chi connectivity index (χ1) is 23.6. The number of carbonyl (C=O) groups excluding carboxylic acids is 1. The number of aliphatic hydroxyl groups excluding tert-OH is 2. The van der Waals surface area contributed by atoms with Crippen molar-refractivity contribution in [2.24, 2.45) is 5.92 Å². The van der Waals surface area contributed by atoms with Gasteiger partial charge in [-0.25, -0.2) is 0 Å². The fraction of sp³-hybridized carbons (Fsp3) is 0.350. The molecule has 0 aliphatic carbocycles. The maximum atomic E-state index is 12.2. The molecule has 49 heavy (non-hydrogen) atoms. The van der Waals surface area contributed by atoms with Crippen LogP contribution < -0.4 is 5.32 Å². The van der Waals surface area contributed by atoms with Gasteiger partial charge in [-0.15, -0.1) is 0 Å². The molecule has 1 aliphatic rings. The minimum absolute atomic E-state index is 0.0170. The number of hydrogen-bond donors (Lipinski definition) is 4. The highest BCUT2D eigenvalue weighted by Crippen LogP contribution is 2.42. The van der Waals surface area contributed by atoms with E-state index in [1.807, 2.05) is 117 Å². The van der Waals surface area contributed by atoms with Crippen LogP contribution >= 0.6 is 0 Å². The summed E-state index contributed by atoms with van der Waals surface area (Å²) in [6, 6.07) is 33.1. The number of ether oxygens (including phenoxy) is 2. The third kappa shape index (κ3) is 9.20. The van der Waals surface area contributed by atoms with Gasteiger partial charge in [-0.3, -0.25) is 14.5 Å². The van der Waals surface area contributed by atoms with Crippen molar-refractivity contribution in [2.75, 3.05) is 13.6 Å². The highest BCUT2D eigenvalue weighted by atomic mass is 16.7. The molecule has 0 aromatic heterocycles. The number of rotatable bonds is 14. The molecule has 1 amide bonds. The molecule has 9 heteroatoms. The Morgan fingerprint density at radius 3 is 2.18 bits per heavy atom. The average molecular weight is 667 g/mol. The van der Waals surface area contributed by atoms with E-state index in [4.69, 9.17) is 14.6 Å². The first-order valence-corrected chi connectivity index (χ1v) is 16.7. The number of likely N-dealkylation sites (N-methyl/N-ethyl adjacent to an activating group) is 1. The second-order valence-corrected chi connectivity index (χ2v) is 12.8. The molecule has 1 fully saturated rings. The SMILES string of the molecule is CC1C(CN(C)C(C)C(O)c2ccccc2)OC(c2ccc(-c3ccccc3CNC(=O)CCC(=O)O)cc2)OC1c1ccc(CO)cc1. The molecule has 6 atom stereocenters. The van der Waals surface area contributed by atoms with Crippen LogP contribution in [0.1, 0.15) is 73.0 Å². The second kappa shape index (κ2) is 16.8. The molecule has 4 N–H and O–H groups in total. The van der Waals surface area contributed by atoms with Gasteiger partial charge in [0.1, 0.15) is 0 Å². The summed E-state index contributed by atoms with van der Waals surface area (Å²) in [5, 5.41) is 32.4. The lowest BCUT2D eigenvalue weighted by atomic mass is 9.89. The fourth-order valence-corrected chi connectivity index (χ4v) is 6.23. The summed E-state index contributed by atoms with van der Waals surface area (Å²) in [5.74, 6) is -1.33. The van der Waals surface area contributed by atoms with Crippen molar-refractivity contribution in [2.45, 2.75) is 70.5 Å². The predicted octanol–water partition coefficient (Wildman–Crippen LogP) is 6.17. The second-order valence-electron chi connectivity index (χ2n) is 12.8. The Bertz CT molecular complexity index is 1660. The molecule has 1 saturated heterocycles. The molecule has 0 bridgehead atoms. The normalized spacial score (nSPS) is 20.4. The van der Waals surface area contributed by atoms with Crippen molar-refractivity contribution in [1.82, 2.24) is 10.2 Å². The van der Waals surface area contributed by atoms with Gasteiger partial charge in [0.05, 0.1) is 31.3 Å². The van der Waals surface area contributed by atoms with Crippen molar-refractivity contribution in [3.05, 3.63) is 131 Å². The topological polar surface area (TPSA) is 129 Å². The Morgan fingerprint density at radius 2 is 1.51 bits per heavy atom. The maximum Gasteiger partial charge on any atom is 0.303 e. The van der Waals surface area contributed by atoms with Crippen molar-refractivity contribution < 1.29 is 34.4 Å². The van der Waals surface area contributed by atoms with Gasteiger partial charge in [0, 0.05) is 37.0 Å². The van der Waals surface area contributed by atoms with Gasteiger partial charge in [-0.2, -0.15) is 0 Å². The van der Waals surface area contributed by atoms with Crippen molar-refractivity contribution in [3.63, 3.8) is 0 Å². The van der Waals surface area contributed by atoms with Crippen LogP contribution in [0.15, 0.2) is 103 Å². The van der Waals surface area contributed by atoms with E-state index in [1.165, 1.54) is 0 Å². The van der Waals surface area contributed by atoms with Gasteiger partial charge < -0.3 is 30.1 Å². The number of carboxylic acid groups (broad SMARTS) is 1. The molecule has 6 unspecified atom stereocenters. The molecular weight excluding hydrogens is 620 g/mol. The fourth-order valence-electron chi connectivity index (χ4n) is 6.23. The zero-order valence-corrected chi connectivity index (χ0v) is 28.2. The first kappa shape index (κ1) is 35.9. The largest absolute Gasteiger partial charge is 0.481 e. The summed E-state index contributed by atoms with van der Waals surface area (Å²) in [6.45, 7) is 4.96. The highest BCUT2D eigenvalue weighted by molar-refractivity contribution is 5.80. The number of amides is 1. The summed E-state index contributed by atoms with van der Waals surface area (Å²) in [4.78, 5) is 25.1. The van der Waals surface area contributed by atoms with E-state index in [1.54, 1.807) is 0 Å². The number of carbonyl (C=O) groups is 2. The van der Waals surface area contributed by atoms with Gasteiger partial charge in [-0.05, 0) is 47.4 Å². The van der Waals surface area contributed by atoms with Crippen LogP contribution in [0.4, 0.5) is 0 Å². The number of benzene rings is 4. The summed E-state index contributed by atoms with van der Waals surface area (Å²) >= 11 is 0. The average Bonchev–Trinajstić information content (AvgIpc) is 3.13. The van der Waals surface area contributed by atoms with E-state index in [2.05, 4.69) is 17.1 Å². The van der Waals surface area contributed by atoms with Gasteiger partial charge in [-0.1, -0.05) is 110 Å². The highest BCUT2D eigenvalue weighted by Gasteiger charge is 2.39. The number of aliphatic carboxylic acids is 1. The van der Waals surface area contributed by atoms with E-state index in [9.17, 15) is 19.8 Å². The third-order valence-electron chi connectivity index (χ3n) is 9.44. The van der Waals surface area contributed by atoms with Crippen LogP contribution in [0.2, 0.25) is 0 Å². The lowest BCUT2D eigenvalue weighted by Crippen LogP contribution is -2.46. The molecule has 9 nitrogen and oxygen atoms in total. The van der Waals surface area contributed by atoms with Crippen LogP contribution in [0.3, 0.4) is 0 Å². The Balaban J connectivity index is 1.35. The Morgan fingerprint density at radius 1 is 0.857 bits per heavy atom. The van der Waals surface area contributed by atoms with Gasteiger partial charge in [0.15, 0.2) is 6.29 Å². The maximum absolute atomic E-state index is 12.2. The van der Waals surface area contributed by atoms with E-state index < -0.39 is 18.4 Å². The lowest BCUT2D eigenvalue weighted by molar-refractivity contribution is -0.276. The summed E-state index contributed by atoms with van der Waals surface area (Å²) in [5.41, 5.74) is 6.38. The first-order valence-electron chi connectivity index (χ1n) is 16.7. The standard InChI is InChI=1S/C40H46N2O7/c1-26-35(24-42(3)27(2)38(47)30-9-5-4-6-10-30)48-40(49-39(26)31-15-13-28(25-43)14-16-31)32-19-17-29(18-20-32)34-12-8-7-11-33(34)23-41-36(44)21-22-37(45)46/h4-20,26-27,35,38-40,43,47H,21-25H2,1-3H3,(H,41,44)(H,45,46). The van der Waals surface area contributed by atoms with E-state index in [-0.39, 0.29) is 56.1 Å². The molecule has 258 valence electrons. The molecule has 4 aromatic carbocycles. The number of nitrogens with one attached hydrogen (secondary N) is 1. The molecule has 5 rings (SSSR count). The van der Waals surface area contributed by atoms with E-state index in [0.29, 0.717) is 6.54 Å². The number of nitrogens with zero attached hydrogens (tertiary/aromatic N) is 1. The van der Waals surface area contributed by atoms with Crippen LogP contribution in [0, 0.1) is 5.92 Å². The van der Waals surface area contributed by atoms with Gasteiger partial charge >= 0.3 is 5.97 Å². The smallest absolute Gasteiger partial charge is 0.303 e. The van der Waals surface area contributed by atoms with E-state index >= 15 is 0 Å². The van der Waals surface area contributed by atoms with Crippen molar-refractivity contribution in [1.29, 1.82) is 0 Å². The van der Waals surface area contributed by atoms with Gasteiger partial charge in [0.25, 0.3) is 0 Å². The lowest BCUT2D eigenvalue weighted by Gasteiger charge is -2.43. The zero-order chi connectivity index (χ0) is 34.9. The van der Waals surface area contributed by atoms with Crippen LogP contribution in [0.25, 0.3) is 11.1 Å². The van der Waals surface area contributed by atoms with Gasteiger partial charge in [0.2, 0.25) is 5.91 Å². The predicted molar refractivity (Wildman–Crippen MR) is 187 cm³/mol. The number of hydrogen-bond acceptors (Lipinski definition) is 7.